The van der Waals surface area contributed by atoms with E-state index in [1.807, 2.05) is 0 Å². The molecule has 1 aromatic heterocycles. The molecule has 0 aliphatic carbocycles. The van der Waals surface area contributed by atoms with Gasteiger partial charge in [-0.3, -0.25) is 0 Å². The van der Waals surface area contributed by atoms with Crippen LogP contribution in [0, 0.1) is 0 Å². The zero-order chi connectivity index (χ0) is 8.97. The summed E-state index contributed by atoms with van der Waals surface area (Å²) in [6, 6.07) is 2.08. The topological polar surface area (TPSA) is 32.3 Å². The predicted molar refractivity (Wildman–Crippen MR) is 55.4 cm³/mol. The van der Waals surface area contributed by atoms with Crippen LogP contribution in [0.2, 0.25) is 0 Å². The fourth-order valence-electron chi connectivity index (χ4n) is 0.851. The Hall–Kier alpha value is 0.1000. The van der Waals surface area contributed by atoms with Crippen LogP contribution in [-0.4, -0.2) is 17.8 Å². The maximum absolute atomic E-state index is 8.97. The van der Waals surface area contributed by atoms with Crippen molar-refractivity contribution in [3.05, 3.63) is 20.8 Å². The largest absolute Gasteiger partial charge is 0.392 e. The first kappa shape index (κ1) is 10.2. The Morgan fingerprint density at radius 1 is 1.75 bits per heavy atom. The summed E-state index contributed by atoms with van der Waals surface area (Å²) in [5.74, 6) is 0. The summed E-state index contributed by atoms with van der Waals surface area (Å²) in [6.07, 6.45) is -0.270. The molecule has 12 heavy (non-hydrogen) atoms. The summed E-state index contributed by atoms with van der Waals surface area (Å²) >= 11 is 5.10. The molecule has 0 amide bonds. The lowest BCUT2D eigenvalue weighted by atomic mass is 10.4. The van der Waals surface area contributed by atoms with Crippen LogP contribution >= 0.6 is 27.3 Å². The molecule has 0 aliphatic heterocycles. The molecule has 0 radical (unpaired) electrons. The molecule has 0 aromatic carbocycles. The molecule has 0 aliphatic rings. The minimum atomic E-state index is -0.270. The van der Waals surface area contributed by atoms with Crippen molar-refractivity contribution in [2.75, 3.05) is 6.54 Å². The van der Waals surface area contributed by atoms with Crippen molar-refractivity contribution in [1.82, 2.24) is 5.32 Å². The number of aliphatic hydroxyl groups excluding tert-OH is 1. The van der Waals surface area contributed by atoms with E-state index < -0.39 is 0 Å². The zero-order valence-corrected chi connectivity index (χ0v) is 9.28. The number of hydrogen-bond donors (Lipinski definition) is 2. The lowest BCUT2D eigenvalue weighted by Gasteiger charge is -2.04. The molecule has 0 saturated carbocycles. The Balaban J connectivity index is 2.24. The highest BCUT2D eigenvalue weighted by Gasteiger charge is 1.98. The van der Waals surface area contributed by atoms with Gasteiger partial charge in [0.15, 0.2) is 0 Å². The summed E-state index contributed by atoms with van der Waals surface area (Å²) in [6.45, 7) is 3.26. The molecule has 0 fully saturated rings. The van der Waals surface area contributed by atoms with Crippen LogP contribution in [0.5, 0.6) is 0 Å². The summed E-state index contributed by atoms with van der Waals surface area (Å²) in [7, 11) is 0. The molecule has 1 heterocycles. The first-order chi connectivity index (χ1) is 5.68. The van der Waals surface area contributed by atoms with Gasteiger partial charge in [-0.2, -0.15) is 0 Å². The number of aliphatic hydroxyl groups is 1. The van der Waals surface area contributed by atoms with Crippen LogP contribution in [0.4, 0.5) is 0 Å². The number of halogens is 1. The molecule has 1 rings (SSSR count). The van der Waals surface area contributed by atoms with E-state index in [2.05, 4.69) is 32.7 Å². The van der Waals surface area contributed by atoms with Gasteiger partial charge < -0.3 is 10.4 Å². The highest BCUT2D eigenvalue weighted by molar-refractivity contribution is 9.10. The Kier molecular flexibility index (Phi) is 4.21. The predicted octanol–water partition coefficient (Wildman–Crippen LogP) is 1.98. The summed E-state index contributed by atoms with van der Waals surface area (Å²) in [5.41, 5.74) is 0. The molecule has 2 N–H and O–H groups in total. The van der Waals surface area contributed by atoms with Crippen molar-refractivity contribution in [2.45, 2.75) is 19.6 Å². The standard InChI is InChI=1S/C8H12BrNOS/c1-6(11)3-10-4-8-2-7(9)5-12-8/h2,5-6,10-11H,3-4H2,1H3. The van der Waals surface area contributed by atoms with Gasteiger partial charge in [-0.15, -0.1) is 11.3 Å². The van der Waals surface area contributed by atoms with Gasteiger partial charge in [-0.25, -0.2) is 0 Å². The van der Waals surface area contributed by atoms with Crippen LogP contribution in [-0.2, 0) is 6.54 Å². The lowest BCUT2D eigenvalue weighted by Crippen LogP contribution is -2.23. The zero-order valence-electron chi connectivity index (χ0n) is 6.88. The van der Waals surface area contributed by atoms with E-state index in [9.17, 15) is 0 Å². The lowest BCUT2D eigenvalue weighted by molar-refractivity contribution is 0.191. The highest BCUT2D eigenvalue weighted by atomic mass is 79.9. The van der Waals surface area contributed by atoms with E-state index in [1.165, 1.54) is 4.88 Å². The van der Waals surface area contributed by atoms with Crippen molar-refractivity contribution in [2.24, 2.45) is 0 Å². The van der Waals surface area contributed by atoms with E-state index in [4.69, 9.17) is 5.11 Å². The fraction of sp³-hybridized carbons (Fsp3) is 0.500. The van der Waals surface area contributed by atoms with Crippen LogP contribution < -0.4 is 5.32 Å². The maximum Gasteiger partial charge on any atom is 0.0636 e. The second-order valence-electron chi connectivity index (χ2n) is 2.71. The number of thiophene rings is 1. The van der Waals surface area contributed by atoms with Gasteiger partial charge in [-0.1, -0.05) is 0 Å². The van der Waals surface area contributed by atoms with Crippen molar-refractivity contribution < 1.29 is 5.11 Å². The Morgan fingerprint density at radius 3 is 3.00 bits per heavy atom. The van der Waals surface area contributed by atoms with Crippen LogP contribution in [0.1, 0.15) is 11.8 Å². The molecular weight excluding hydrogens is 238 g/mol. The number of hydrogen-bond acceptors (Lipinski definition) is 3. The third-order valence-corrected chi connectivity index (χ3v) is 3.06. The van der Waals surface area contributed by atoms with Gasteiger partial charge in [0.2, 0.25) is 0 Å². The van der Waals surface area contributed by atoms with Gasteiger partial charge in [0.05, 0.1) is 6.10 Å². The third kappa shape index (κ3) is 3.67. The van der Waals surface area contributed by atoms with E-state index >= 15 is 0 Å². The third-order valence-electron chi connectivity index (χ3n) is 1.36. The maximum atomic E-state index is 8.97. The average Bonchev–Trinajstić information content (AvgIpc) is 2.35. The van der Waals surface area contributed by atoms with Crippen molar-refractivity contribution >= 4 is 27.3 Å². The SMILES string of the molecule is CC(O)CNCc1cc(Br)cs1. The molecule has 2 nitrogen and oxygen atoms in total. The van der Waals surface area contributed by atoms with Gasteiger partial charge in [0, 0.05) is 27.8 Å². The van der Waals surface area contributed by atoms with E-state index in [1.54, 1.807) is 18.3 Å². The van der Waals surface area contributed by atoms with E-state index in [0.717, 1.165) is 11.0 Å². The van der Waals surface area contributed by atoms with Gasteiger partial charge in [0.1, 0.15) is 0 Å². The first-order valence-electron chi connectivity index (χ1n) is 3.80. The monoisotopic (exact) mass is 249 g/mol. The minimum absolute atomic E-state index is 0.270. The summed E-state index contributed by atoms with van der Waals surface area (Å²) in [5, 5.41) is 14.2. The molecule has 4 heteroatoms. The van der Waals surface area contributed by atoms with Crippen LogP contribution in [0.25, 0.3) is 0 Å². The Labute approximate surface area is 84.7 Å². The molecule has 0 spiro atoms. The highest BCUT2D eigenvalue weighted by Crippen LogP contribution is 2.19. The van der Waals surface area contributed by atoms with Crippen LogP contribution in [0.3, 0.4) is 0 Å². The molecule has 1 atom stereocenters. The van der Waals surface area contributed by atoms with Crippen molar-refractivity contribution in [1.29, 1.82) is 0 Å². The second-order valence-corrected chi connectivity index (χ2v) is 4.62. The molecule has 1 unspecified atom stereocenters. The molecule has 1 aromatic rings. The van der Waals surface area contributed by atoms with E-state index in [-0.39, 0.29) is 6.10 Å². The molecule has 0 saturated heterocycles. The Bertz CT molecular complexity index is 237. The van der Waals surface area contributed by atoms with E-state index in [0.29, 0.717) is 6.54 Å². The number of rotatable bonds is 4. The smallest absolute Gasteiger partial charge is 0.0636 e. The van der Waals surface area contributed by atoms with Crippen LogP contribution in [0.15, 0.2) is 15.9 Å². The van der Waals surface area contributed by atoms with Crippen molar-refractivity contribution in [3.63, 3.8) is 0 Å². The Morgan fingerprint density at radius 2 is 2.50 bits per heavy atom. The summed E-state index contributed by atoms with van der Waals surface area (Å²) in [4.78, 5) is 1.28. The normalized spacial score (nSPS) is 13.2. The van der Waals surface area contributed by atoms with Gasteiger partial charge in [-0.05, 0) is 28.9 Å². The van der Waals surface area contributed by atoms with Gasteiger partial charge in [0.25, 0.3) is 0 Å². The summed E-state index contributed by atoms with van der Waals surface area (Å²) < 4.78 is 1.13. The van der Waals surface area contributed by atoms with Crippen molar-refractivity contribution in [3.8, 4) is 0 Å². The number of nitrogens with one attached hydrogen (secondary N) is 1. The quantitative estimate of drug-likeness (QED) is 0.856. The minimum Gasteiger partial charge on any atom is -0.392 e. The van der Waals surface area contributed by atoms with Gasteiger partial charge >= 0.3 is 0 Å². The average molecular weight is 250 g/mol. The molecular formula is C8H12BrNOS. The molecule has 0 bridgehead atoms. The first-order valence-corrected chi connectivity index (χ1v) is 5.47. The fourth-order valence-corrected chi connectivity index (χ4v) is 2.27. The second kappa shape index (κ2) is 4.97. The molecule has 68 valence electrons.